The molecule has 0 aliphatic carbocycles. The van der Waals surface area contributed by atoms with Gasteiger partial charge in [-0.2, -0.15) is 10.2 Å². The Morgan fingerprint density at radius 2 is 1.82 bits per heavy atom. The molecule has 2 N–H and O–H groups in total. The highest BCUT2D eigenvalue weighted by Gasteiger charge is 2.07. The van der Waals surface area contributed by atoms with Crippen LogP contribution >= 0.6 is 0 Å². The van der Waals surface area contributed by atoms with Gasteiger partial charge in [-0.05, 0) is 49.4 Å². The summed E-state index contributed by atoms with van der Waals surface area (Å²) in [6.07, 6.45) is 0. The van der Waals surface area contributed by atoms with Gasteiger partial charge in [0.1, 0.15) is 5.82 Å². The molecule has 1 aromatic heterocycles. The number of nitrogens with one attached hydrogen (secondary N) is 2. The van der Waals surface area contributed by atoms with Gasteiger partial charge >= 0.3 is 6.03 Å². The number of amides is 2. The highest BCUT2D eigenvalue weighted by molar-refractivity contribution is 6.05. The molecule has 22 heavy (non-hydrogen) atoms. The molecule has 3 aromatic rings. The first-order valence-electron chi connectivity index (χ1n) is 6.68. The van der Waals surface area contributed by atoms with Gasteiger partial charge in [-0.15, -0.1) is 0 Å². The van der Waals surface area contributed by atoms with Crippen LogP contribution in [0.15, 0.2) is 48.5 Å². The number of aryl methyl sites for hydroxylation is 1. The van der Waals surface area contributed by atoms with Crippen LogP contribution in [0.2, 0.25) is 0 Å². The normalized spacial score (nSPS) is 10.5. The number of hydrogen-bond donors (Lipinski definition) is 2. The number of hydrogen-bond acceptors (Lipinski definition) is 3. The van der Waals surface area contributed by atoms with Gasteiger partial charge in [-0.25, -0.2) is 9.18 Å². The van der Waals surface area contributed by atoms with Gasteiger partial charge in [0.25, 0.3) is 0 Å². The molecule has 0 saturated heterocycles. The molecule has 2 amide bonds. The lowest BCUT2D eigenvalue weighted by atomic mass is 10.2. The molecule has 0 spiro atoms. The molecule has 0 bridgehead atoms. The van der Waals surface area contributed by atoms with Crippen LogP contribution < -0.4 is 10.6 Å². The first-order chi connectivity index (χ1) is 10.6. The number of carbonyl (C=O) groups excluding carboxylic acids is 1. The van der Waals surface area contributed by atoms with E-state index in [1.165, 1.54) is 24.3 Å². The number of urea groups is 1. The monoisotopic (exact) mass is 296 g/mol. The molecular weight excluding hydrogens is 283 g/mol. The Hall–Kier alpha value is -3.02. The number of carbonyl (C=O) groups is 1. The van der Waals surface area contributed by atoms with Crippen LogP contribution in [0.4, 0.5) is 20.6 Å². The summed E-state index contributed by atoms with van der Waals surface area (Å²) in [5, 5.41) is 14.3. The van der Waals surface area contributed by atoms with Crippen molar-refractivity contribution in [3.63, 3.8) is 0 Å². The van der Waals surface area contributed by atoms with Crippen molar-refractivity contribution in [1.29, 1.82) is 0 Å². The van der Waals surface area contributed by atoms with Gasteiger partial charge < -0.3 is 10.6 Å². The van der Waals surface area contributed by atoms with Crippen molar-refractivity contribution in [2.24, 2.45) is 0 Å². The number of halogens is 1. The average Bonchev–Trinajstić information content (AvgIpc) is 2.50. The van der Waals surface area contributed by atoms with Gasteiger partial charge in [-0.1, -0.05) is 6.07 Å². The van der Waals surface area contributed by atoms with Crippen LogP contribution in [0, 0.1) is 12.7 Å². The summed E-state index contributed by atoms with van der Waals surface area (Å²) in [6, 6.07) is 12.4. The molecule has 110 valence electrons. The Kier molecular flexibility index (Phi) is 3.65. The molecule has 0 aliphatic heterocycles. The maximum absolute atomic E-state index is 12.8. The molecule has 0 atom stereocenters. The first-order valence-corrected chi connectivity index (χ1v) is 6.68. The predicted molar refractivity (Wildman–Crippen MR) is 83.3 cm³/mol. The number of nitrogens with zero attached hydrogens (tertiary/aromatic N) is 2. The van der Waals surface area contributed by atoms with E-state index in [1.54, 1.807) is 12.1 Å². The van der Waals surface area contributed by atoms with Crippen molar-refractivity contribution in [3.05, 3.63) is 60.0 Å². The number of anilines is 2. The molecular formula is C16H13FN4O. The van der Waals surface area contributed by atoms with Gasteiger partial charge in [0.05, 0.1) is 16.9 Å². The lowest BCUT2D eigenvalue weighted by molar-refractivity contribution is 0.262. The summed E-state index contributed by atoms with van der Waals surface area (Å²) < 4.78 is 12.8. The zero-order chi connectivity index (χ0) is 15.5. The smallest absolute Gasteiger partial charge is 0.308 e. The minimum Gasteiger partial charge on any atom is -0.308 e. The van der Waals surface area contributed by atoms with E-state index in [9.17, 15) is 9.18 Å². The standard InChI is InChI=1S/C16H13FN4O/c1-10-9-13-14(3-2-4-15(13)21-20-10)19-16(22)18-12-7-5-11(17)6-8-12/h2-9H,1H3,(H2,18,19,22). The quantitative estimate of drug-likeness (QED) is 0.757. The van der Waals surface area contributed by atoms with Crippen LogP contribution in [0.3, 0.4) is 0 Å². The van der Waals surface area contributed by atoms with Gasteiger partial charge in [0.15, 0.2) is 0 Å². The van der Waals surface area contributed by atoms with Crippen LogP contribution in [-0.4, -0.2) is 16.2 Å². The minimum atomic E-state index is -0.409. The number of benzene rings is 2. The Morgan fingerprint density at radius 3 is 2.59 bits per heavy atom. The third kappa shape index (κ3) is 3.01. The Labute approximate surface area is 126 Å². The van der Waals surface area contributed by atoms with Crippen molar-refractivity contribution in [1.82, 2.24) is 10.2 Å². The van der Waals surface area contributed by atoms with Gasteiger partial charge in [-0.3, -0.25) is 0 Å². The molecule has 3 rings (SSSR count). The summed E-state index contributed by atoms with van der Waals surface area (Å²) in [5.41, 5.74) is 2.61. The molecule has 5 nitrogen and oxygen atoms in total. The predicted octanol–water partition coefficient (Wildman–Crippen LogP) is 3.72. The summed E-state index contributed by atoms with van der Waals surface area (Å²) in [5.74, 6) is -0.353. The van der Waals surface area contributed by atoms with Crippen LogP contribution in [0.25, 0.3) is 10.9 Å². The summed E-state index contributed by atoms with van der Waals surface area (Å²) >= 11 is 0. The van der Waals surface area contributed by atoms with Crippen molar-refractivity contribution in [2.45, 2.75) is 6.92 Å². The highest BCUT2D eigenvalue weighted by Crippen LogP contribution is 2.22. The molecule has 0 saturated carbocycles. The summed E-state index contributed by atoms with van der Waals surface area (Å²) in [4.78, 5) is 12.0. The summed E-state index contributed by atoms with van der Waals surface area (Å²) in [7, 11) is 0. The maximum atomic E-state index is 12.8. The third-order valence-corrected chi connectivity index (χ3v) is 3.10. The molecule has 0 aliphatic rings. The van der Waals surface area contributed by atoms with Crippen LogP contribution in [-0.2, 0) is 0 Å². The minimum absolute atomic E-state index is 0.353. The highest BCUT2D eigenvalue weighted by atomic mass is 19.1. The van der Waals surface area contributed by atoms with Gasteiger partial charge in [0.2, 0.25) is 0 Å². The van der Waals surface area contributed by atoms with E-state index in [4.69, 9.17) is 0 Å². The molecule has 0 unspecified atom stereocenters. The second-order valence-corrected chi connectivity index (χ2v) is 4.81. The Morgan fingerprint density at radius 1 is 1.05 bits per heavy atom. The van der Waals surface area contributed by atoms with Crippen molar-refractivity contribution in [2.75, 3.05) is 10.6 Å². The van der Waals surface area contributed by atoms with E-state index in [2.05, 4.69) is 20.8 Å². The SMILES string of the molecule is Cc1cc2c(NC(=O)Nc3ccc(F)cc3)cccc2nn1. The lowest BCUT2D eigenvalue weighted by Gasteiger charge is -2.10. The second kappa shape index (κ2) is 5.77. The van der Waals surface area contributed by atoms with E-state index in [0.29, 0.717) is 16.9 Å². The fourth-order valence-corrected chi connectivity index (χ4v) is 2.09. The maximum Gasteiger partial charge on any atom is 0.323 e. The molecule has 6 heteroatoms. The fourth-order valence-electron chi connectivity index (χ4n) is 2.09. The largest absolute Gasteiger partial charge is 0.323 e. The Balaban J connectivity index is 1.82. The van der Waals surface area contributed by atoms with E-state index < -0.39 is 6.03 Å². The van der Waals surface area contributed by atoms with E-state index in [1.807, 2.05) is 19.1 Å². The third-order valence-electron chi connectivity index (χ3n) is 3.10. The van der Waals surface area contributed by atoms with E-state index in [-0.39, 0.29) is 5.82 Å². The van der Waals surface area contributed by atoms with Crippen LogP contribution in [0.5, 0.6) is 0 Å². The van der Waals surface area contributed by atoms with Crippen molar-refractivity contribution < 1.29 is 9.18 Å². The average molecular weight is 296 g/mol. The fraction of sp³-hybridized carbons (Fsp3) is 0.0625. The van der Waals surface area contributed by atoms with Crippen molar-refractivity contribution in [3.8, 4) is 0 Å². The zero-order valence-corrected chi connectivity index (χ0v) is 11.8. The first kappa shape index (κ1) is 13.9. The molecule has 0 fully saturated rings. The van der Waals surface area contributed by atoms with E-state index in [0.717, 1.165) is 11.1 Å². The van der Waals surface area contributed by atoms with Crippen LogP contribution in [0.1, 0.15) is 5.69 Å². The summed E-state index contributed by atoms with van der Waals surface area (Å²) in [6.45, 7) is 1.84. The number of fused-ring (bicyclic) bond motifs is 1. The molecule has 2 aromatic carbocycles. The molecule has 1 heterocycles. The van der Waals surface area contributed by atoms with Crippen molar-refractivity contribution >= 4 is 28.3 Å². The topological polar surface area (TPSA) is 66.9 Å². The van der Waals surface area contributed by atoms with E-state index >= 15 is 0 Å². The number of rotatable bonds is 2. The zero-order valence-electron chi connectivity index (χ0n) is 11.8. The molecule has 0 radical (unpaired) electrons. The Bertz CT molecular complexity index is 833. The van der Waals surface area contributed by atoms with Gasteiger partial charge in [0, 0.05) is 11.1 Å². The lowest BCUT2D eigenvalue weighted by Crippen LogP contribution is -2.19. The second-order valence-electron chi connectivity index (χ2n) is 4.81. The number of aromatic nitrogens is 2.